The molecule has 0 aliphatic heterocycles. The molecule has 0 unspecified atom stereocenters. The number of fused-ring (bicyclic) bond motifs is 1. The van der Waals surface area contributed by atoms with E-state index in [1.54, 1.807) is 12.1 Å². The van der Waals surface area contributed by atoms with Crippen LogP contribution in [0.5, 0.6) is 0 Å². The highest BCUT2D eigenvalue weighted by molar-refractivity contribution is 5.94. The number of carbonyl (C=O) groups is 2. The SMILES string of the molecule is O=C(C[C@@H](NC(=O)c1ccccc1)c1ccccc1)N[C@@H]1CCCc2ccccc21. The second-order valence-electron chi connectivity index (χ2n) is 7.72. The minimum Gasteiger partial charge on any atom is -0.349 e. The number of rotatable bonds is 6. The summed E-state index contributed by atoms with van der Waals surface area (Å²) < 4.78 is 0. The minimum atomic E-state index is -0.391. The number of amides is 2. The minimum absolute atomic E-state index is 0.0312. The van der Waals surface area contributed by atoms with Crippen LogP contribution in [0.4, 0.5) is 0 Å². The third-order valence-corrected chi connectivity index (χ3v) is 5.64. The molecule has 2 N–H and O–H groups in total. The Morgan fingerprint density at radius 2 is 1.53 bits per heavy atom. The van der Waals surface area contributed by atoms with E-state index >= 15 is 0 Å². The van der Waals surface area contributed by atoms with Gasteiger partial charge < -0.3 is 10.6 Å². The van der Waals surface area contributed by atoms with E-state index in [2.05, 4.69) is 22.8 Å². The van der Waals surface area contributed by atoms with Crippen molar-refractivity contribution in [3.8, 4) is 0 Å². The quantitative estimate of drug-likeness (QED) is 0.630. The lowest BCUT2D eigenvalue weighted by Crippen LogP contribution is -2.36. The van der Waals surface area contributed by atoms with Crippen molar-refractivity contribution in [3.05, 3.63) is 107 Å². The van der Waals surface area contributed by atoms with Gasteiger partial charge in [0, 0.05) is 5.56 Å². The molecule has 2 atom stereocenters. The van der Waals surface area contributed by atoms with Gasteiger partial charge in [-0.15, -0.1) is 0 Å². The second kappa shape index (κ2) is 9.40. The molecule has 3 aromatic carbocycles. The normalized spacial score (nSPS) is 16.2. The summed E-state index contributed by atoms with van der Waals surface area (Å²) in [5.74, 6) is -0.237. The fourth-order valence-corrected chi connectivity index (χ4v) is 4.11. The molecule has 3 aromatic rings. The highest BCUT2D eigenvalue weighted by Crippen LogP contribution is 2.30. The summed E-state index contributed by atoms with van der Waals surface area (Å²) in [5, 5.41) is 6.24. The van der Waals surface area contributed by atoms with Crippen LogP contribution in [-0.4, -0.2) is 11.8 Å². The van der Waals surface area contributed by atoms with E-state index in [1.165, 1.54) is 11.1 Å². The van der Waals surface area contributed by atoms with Crippen LogP contribution in [0.1, 0.15) is 58.4 Å². The molecule has 0 spiro atoms. The summed E-state index contributed by atoms with van der Waals surface area (Å²) in [5.41, 5.74) is 4.02. The average Bonchev–Trinajstić information content (AvgIpc) is 2.80. The average molecular weight is 399 g/mol. The van der Waals surface area contributed by atoms with Gasteiger partial charge in [-0.3, -0.25) is 9.59 Å². The van der Waals surface area contributed by atoms with Crippen molar-refractivity contribution in [1.82, 2.24) is 10.6 Å². The zero-order chi connectivity index (χ0) is 20.8. The third kappa shape index (κ3) is 4.77. The first kappa shape index (κ1) is 19.9. The number of hydrogen-bond donors (Lipinski definition) is 2. The Hall–Kier alpha value is -3.40. The number of nitrogens with one attached hydrogen (secondary N) is 2. The predicted molar refractivity (Wildman–Crippen MR) is 118 cm³/mol. The molecule has 4 nitrogen and oxygen atoms in total. The number of aryl methyl sites for hydroxylation is 1. The van der Waals surface area contributed by atoms with Gasteiger partial charge in [-0.2, -0.15) is 0 Å². The van der Waals surface area contributed by atoms with Crippen molar-refractivity contribution >= 4 is 11.8 Å². The van der Waals surface area contributed by atoms with E-state index in [4.69, 9.17) is 0 Å². The zero-order valence-corrected chi connectivity index (χ0v) is 16.9. The molecule has 30 heavy (non-hydrogen) atoms. The number of hydrogen-bond acceptors (Lipinski definition) is 2. The molecule has 0 saturated heterocycles. The zero-order valence-electron chi connectivity index (χ0n) is 16.9. The van der Waals surface area contributed by atoms with Crippen molar-refractivity contribution in [2.75, 3.05) is 0 Å². The maximum Gasteiger partial charge on any atom is 0.251 e. The van der Waals surface area contributed by atoms with Gasteiger partial charge in [-0.1, -0.05) is 72.8 Å². The van der Waals surface area contributed by atoms with Crippen molar-refractivity contribution in [2.24, 2.45) is 0 Å². The molecule has 2 amide bonds. The van der Waals surface area contributed by atoms with Gasteiger partial charge in [0.05, 0.1) is 18.5 Å². The van der Waals surface area contributed by atoms with E-state index in [-0.39, 0.29) is 24.3 Å². The fourth-order valence-electron chi connectivity index (χ4n) is 4.11. The molecule has 0 radical (unpaired) electrons. The fraction of sp³-hybridized carbons (Fsp3) is 0.231. The van der Waals surface area contributed by atoms with E-state index in [9.17, 15) is 9.59 Å². The summed E-state index contributed by atoms with van der Waals surface area (Å²) in [4.78, 5) is 25.7. The van der Waals surface area contributed by atoms with Crippen LogP contribution in [0, 0.1) is 0 Å². The molecule has 4 rings (SSSR count). The van der Waals surface area contributed by atoms with Crippen molar-refractivity contribution in [2.45, 2.75) is 37.8 Å². The molecular formula is C26H26N2O2. The highest BCUT2D eigenvalue weighted by atomic mass is 16.2. The predicted octanol–water partition coefficient (Wildman–Crippen LogP) is 4.74. The molecule has 4 heteroatoms. The highest BCUT2D eigenvalue weighted by Gasteiger charge is 2.24. The lowest BCUT2D eigenvalue weighted by molar-refractivity contribution is -0.122. The van der Waals surface area contributed by atoms with Crippen LogP contribution < -0.4 is 10.6 Å². The van der Waals surface area contributed by atoms with E-state index in [0.717, 1.165) is 24.8 Å². The molecule has 1 aliphatic rings. The lowest BCUT2D eigenvalue weighted by atomic mass is 9.87. The molecule has 0 bridgehead atoms. The molecular weight excluding hydrogens is 372 g/mol. The standard InChI is InChI=1S/C26H26N2O2/c29-25(27-23-17-9-15-19-10-7-8-16-22(19)23)18-24(20-11-3-1-4-12-20)28-26(30)21-13-5-2-6-14-21/h1-8,10-14,16,23-24H,9,15,17-18H2,(H,27,29)(H,28,30)/t23-,24-/m1/s1. The topological polar surface area (TPSA) is 58.2 Å². The monoisotopic (exact) mass is 398 g/mol. The van der Waals surface area contributed by atoms with Crippen molar-refractivity contribution in [3.63, 3.8) is 0 Å². The van der Waals surface area contributed by atoms with Crippen LogP contribution in [-0.2, 0) is 11.2 Å². The Balaban J connectivity index is 1.48. The van der Waals surface area contributed by atoms with Gasteiger partial charge in [0.25, 0.3) is 5.91 Å². The van der Waals surface area contributed by atoms with Crippen LogP contribution in [0.2, 0.25) is 0 Å². The summed E-state index contributed by atoms with van der Waals surface area (Å²) in [7, 11) is 0. The van der Waals surface area contributed by atoms with E-state index in [1.807, 2.05) is 60.7 Å². The van der Waals surface area contributed by atoms with Crippen molar-refractivity contribution in [1.29, 1.82) is 0 Å². The Morgan fingerprint density at radius 1 is 0.867 bits per heavy atom. The van der Waals surface area contributed by atoms with Crippen LogP contribution in [0.3, 0.4) is 0 Å². The first-order chi connectivity index (χ1) is 14.7. The van der Waals surface area contributed by atoms with E-state index in [0.29, 0.717) is 5.56 Å². The molecule has 0 heterocycles. The number of benzene rings is 3. The smallest absolute Gasteiger partial charge is 0.251 e. The van der Waals surface area contributed by atoms with Gasteiger partial charge in [0.1, 0.15) is 0 Å². The van der Waals surface area contributed by atoms with Gasteiger partial charge in [0.2, 0.25) is 5.91 Å². The summed E-state index contributed by atoms with van der Waals surface area (Å²) in [6, 6.07) is 26.7. The van der Waals surface area contributed by atoms with Gasteiger partial charge in [-0.05, 0) is 48.1 Å². The lowest BCUT2D eigenvalue weighted by Gasteiger charge is -2.27. The maximum atomic E-state index is 13.0. The molecule has 152 valence electrons. The Morgan fingerprint density at radius 3 is 2.30 bits per heavy atom. The first-order valence-corrected chi connectivity index (χ1v) is 10.5. The largest absolute Gasteiger partial charge is 0.349 e. The van der Waals surface area contributed by atoms with Crippen LogP contribution in [0.25, 0.3) is 0 Å². The molecule has 0 fully saturated rings. The van der Waals surface area contributed by atoms with Crippen LogP contribution >= 0.6 is 0 Å². The Kier molecular flexibility index (Phi) is 6.23. The Labute approximate surface area is 177 Å². The van der Waals surface area contributed by atoms with E-state index < -0.39 is 6.04 Å². The maximum absolute atomic E-state index is 13.0. The summed E-state index contributed by atoms with van der Waals surface area (Å²) >= 11 is 0. The second-order valence-corrected chi connectivity index (χ2v) is 7.72. The van der Waals surface area contributed by atoms with Gasteiger partial charge in [0.15, 0.2) is 0 Å². The Bertz CT molecular complexity index is 1000. The summed E-state index contributed by atoms with van der Waals surface area (Å²) in [6.45, 7) is 0. The summed E-state index contributed by atoms with van der Waals surface area (Å²) in [6.07, 6.45) is 3.26. The van der Waals surface area contributed by atoms with Gasteiger partial charge >= 0.3 is 0 Å². The van der Waals surface area contributed by atoms with Crippen LogP contribution in [0.15, 0.2) is 84.9 Å². The first-order valence-electron chi connectivity index (χ1n) is 10.5. The molecule has 0 saturated carbocycles. The molecule has 0 aromatic heterocycles. The third-order valence-electron chi connectivity index (χ3n) is 5.64. The van der Waals surface area contributed by atoms with Gasteiger partial charge in [-0.25, -0.2) is 0 Å². The van der Waals surface area contributed by atoms with Crippen molar-refractivity contribution < 1.29 is 9.59 Å². The number of carbonyl (C=O) groups excluding carboxylic acids is 2. The molecule has 1 aliphatic carbocycles.